The van der Waals surface area contributed by atoms with Crippen molar-refractivity contribution in [2.24, 2.45) is 0 Å². The van der Waals surface area contributed by atoms with E-state index in [0.717, 1.165) is 22.1 Å². The molecule has 0 radical (unpaired) electrons. The average Bonchev–Trinajstić information content (AvgIpc) is 2.65. The Hall–Kier alpha value is -3.08. The molecular weight excluding hydrogens is 330 g/mol. The minimum Gasteiger partial charge on any atom is -0.497 e. The minimum absolute atomic E-state index is 0.257. The molecule has 0 fully saturated rings. The first-order valence-corrected chi connectivity index (χ1v) is 8.30. The number of hydrogen-bond acceptors (Lipinski definition) is 4. The summed E-state index contributed by atoms with van der Waals surface area (Å²) in [4.78, 5) is 25.1. The quantitative estimate of drug-likeness (QED) is 0.434. The molecule has 0 atom stereocenters. The van der Waals surface area contributed by atoms with Crippen molar-refractivity contribution in [2.45, 2.75) is 13.5 Å². The fourth-order valence-corrected chi connectivity index (χ4v) is 2.40. The highest BCUT2D eigenvalue weighted by Crippen LogP contribution is 2.22. The summed E-state index contributed by atoms with van der Waals surface area (Å²) in [5, 5.41) is 2.15. The van der Waals surface area contributed by atoms with Crippen molar-refractivity contribution in [3.05, 3.63) is 66.3 Å². The number of carbonyl (C=O) groups excluding carboxylic acids is 2. The fraction of sp³-hybridized carbons (Fsp3) is 0.238. The summed E-state index contributed by atoms with van der Waals surface area (Å²) in [6, 6.07) is 11.9. The van der Waals surface area contributed by atoms with Gasteiger partial charge in [-0.05, 0) is 41.5 Å². The number of amides is 1. The number of ether oxygens (including phenoxy) is 2. The third-order valence-electron chi connectivity index (χ3n) is 3.83. The van der Waals surface area contributed by atoms with Gasteiger partial charge in [0, 0.05) is 19.7 Å². The Kier molecular flexibility index (Phi) is 6.97. The van der Waals surface area contributed by atoms with E-state index in [-0.39, 0.29) is 12.5 Å². The van der Waals surface area contributed by atoms with Crippen LogP contribution in [0.5, 0.6) is 5.75 Å². The van der Waals surface area contributed by atoms with E-state index in [9.17, 15) is 9.59 Å². The lowest BCUT2D eigenvalue weighted by molar-refractivity contribution is -0.147. The number of carbonyl (C=O) groups is 2. The largest absolute Gasteiger partial charge is 0.497 e. The van der Waals surface area contributed by atoms with Crippen LogP contribution in [-0.2, 0) is 20.9 Å². The number of nitrogens with zero attached hydrogens (tertiary/aromatic N) is 1. The van der Waals surface area contributed by atoms with Crippen LogP contribution >= 0.6 is 0 Å². The van der Waals surface area contributed by atoms with Crippen LogP contribution < -0.4 is 4.74 Å². The van der Waals surface area contributed by atoms with Gasteiger partial charge in [-0.2, -0.15) is 0 Å². The molecule has 0 aliphatic rings. The smallest absolute Gasteiger partial charge is 0.331 e. The number of benzene rings is 2. The second-order valence-corrected chi connectivity index (χ2v) is 5.79. The van der Waals surface area contributed by atoms with Crippen LogP contribution in [0.4, 0.5) is 0 Å². The zero-order chi connectivity index (χ0) is 18.9. The van der Waals surface area contributed by atoms with E-state index in [1.807, 2.05) is 43.3 Å². The fourth-order valence-electron chi connectivity index (χ4n) is 2.40. The SMILES string of the molecule is C/C=C/C=C/C(=O)OCC(=O)N(C)Cc1ccc2cc(OC)ccc2c1. The first kappa shape index (κ1) is 19.2. The average molecular weight is 353 g/mol. The number of fused-ring (bicyclic) bond motifs is 1. The van der Waals surface area contributed by atoms with Crippen LogP contribution in [0.2, 0.25) is 0 Å². The van der Waals surface area contributed by atoms with E-state index >= 15 is 0 Å². The molecule has 2 aromatic carbocycles. The summed E-state index contributed by atoms with van der Waals surface area (Å²) in [6.45, 7) is 2.00. The molecule has 26 heavy (non-hydrogen) atoms. The predicted octanol–water partition coefficient (Wildman–Crippen LogP) is 3.48. The molecule has 0 bridgehead atoms. The Balaban J connectivity index is 1.93. The van der Waals surface area contributed by atoms with Gasteiger partial charge in [-0.1, -0.05) is 36.4 Å². The van der Waals surface area contributed by atoms with E-state index in [1.165, 1.54) is 11.0 Å². The molecule has 5 heteroatoms. The van der Waals surface area contributed by atoms with Gasteiger partial charge in [-0.15, -0.1) is 0 Å². The van der Waals surface area contributed by atoms with Gasteiger partial charge in [-0.3, -0.25) is 4.79 Å². The third kappa shape index (κ3) is 5.48. The van der Waals surface area contributed by atoms with Gasteiger partial charge in [0.25, 0.3) is 5.91 Å². The van der Waals surface area contributed by atoms with Gasteiger partial charge in [0.2, 0.25) is 0 Å². The molecule has 2 rings (SSSR count). The minimum atomic E-state index is -0.537. The standard InChI is InChI=1S/C21H23NO4/c1-4-5-6-7-21(24)26-15-20(23)22(2)14-16-8-9-18-13-19(25-3)11-10-17(18)12-16/h4-13H,14-15H2,1-3H3/b5-4+,7-6+. The maximum absolute atomic E-state index is 12.1. The number of hydrogen-bond donors (Lipinski definition) is 0. The van der Waals surface area contributed by atoms with E-state index in [0.29, 0.717) is 6.54 Å². The van der Waals surface area contributed by atoms with Crippen molar-refractivity contribution in [1.82, 2.24) is 4.90 Å². The normalized spacial score (nSPS) is 11.2. The molecule has 136 valence electrons. The van der Waals surface area contributed by atoms with Crippen LogP contribution in [0.3, 0.4) is 0 Å². The van der Waals surface area contributed by atoms with Crippen LogP contribution in [-0.4, -0.2) is 37.5 Å². The molecule has 0 N–H and O–H groups in total. The van der Waals surface area contributed by atoms with Crippen LogP contribution in [0.25, 0.3) is 10.8 Å². The first-order valence-electron chi connectivity index (χ1n) is 8.30. The van der Waals surface area contributed by atoms with Crippen molar-refractivity contribution < 1.29 is 19.1 Å². The van der Waals surface area contributed by atoms with Crippen LogP contribution in [0.1, 0.15) is 12.5 Å². The molecule has 5 nitrogen and oxygen atoms in total. The Morgan fingerprint density at radius 3 is 2.54 bits per heavy atom. The van der Waals surface area contributed by atoms with E-state index in [2.05, 4.69) is 0 Å². The third-order valence-corrected chi connectivity index (χ3v) is 3.83. The molecule has 0 aliphatic carbocycles. The van der Waals surface area contributed by atoms with E-state index in [1.54, 1.807) is 32.4 Å². The Bertz CT molecular complexity index is 839. The number of likely N-dealkylation sites (N-methyl/N-ethyl adjacent to an activating group) is 1. The van der Waals surface area contributed by atoms with Gasteiger partial charge in [0.15, 0.2) is 6.61 Å². The summed E-state index contributed by atoms with van der Waals surface area (Å²) in [7, 11) is 3.32. The Morgan fingerprint density at radius 1 is 1.08 bits per heavy atom. The lowest BCUT2D eigenvalue weighted by atomic mass is 10.1. The van der Waals surface area contributed by atoms with Crippen LogP contribution in [0.15, 0.2) is 60.7 Å². The first-order chi connectivity index (χ1) is 12.5. The zero-order valence-corrected chi connectivity index (χ0v) is 15.3. The monoisotopic (exact) mass is 353 g/mol. The maximum atomic E-state index is 12.1. The molecule has 0 saturated carbocycles. The molecule has 0 aliphatic heterocycles. The molecule has 0 heterocycles. The maximum Gasteiger partial charge on any atom is 0.331 e. The summed E-state index contributed by atoms with van der Waals surface area (Å²) >= 11 is 0. The van der Waals surface area contributed by atoms with Gasteiger partial charge < -0.3 is 14.4 Å². The van der Waals surface area contributed by atoms with Crippen molar-refractivity contribution in [3.8, 4) is 5.75 Å². The lowest BCUT2D eigenvalue weighted by Gasteiger charge is -2.17. The van der Waals surface area contributed by atoms with Crippen LogP contribution in [0, 0.1) is 0 Å². The molecule has 2 aromatic rings. The molecule has 0 spiro atoms. The number of methoxy groups -OCH3 is 1. The Morgan fingerprint density at radius 2 is 1.81 bits per heavy atom. The highest BCUT2D eigenvalue weighted by Gasteiger charge is 2.11. The summed E-state index contributed by atoms with van der Waals surface area (Å²) in [5.74, 6) is 0.0138. The van der Waals surface area contributed by atoms with Crippen molar-refractivity contribution in [2.75, 3.05) is 20.8 Å². The molecule has 1 amide bonds. The number of rotatable bonds is 7. The second kappa shape index (κ2) is 9.42. The molecular formula is C21H23NO4. The van der Waals surface area contributed by atoms with E-state index in [4.69, 9.17) is 9.47 Å². The van der Waals surface area contributed by atoms with Gasteiger partial charge in [-0.25, -0.2) is 4.79 Å². The molecule has 0 unspecified atom stereocenters. The van der Waals surface area contributed by atoms with Crippen molar-refractivity contribution >= 4 is 22.6 Å². The Labute approximate surface area is 153 Å². The van der Waals surface area contributed by atoms with Gasteiger partial charge in [0.05, 0.1) is 7.11 Å². The highest BCUT2D eigenvalue weighted by molar-refractivity contribution is 5.86. The van der Waals surface area contributed by atoms with Crippen molar-refractivity contribution in [1.29, 1.82) is 0 Å². The van der Waals surface area contributed by atoms with Gasteiger partial charge >= 0.3 is 5.97 Å². The zero-order valence-electron chi connectivity index (χ0n) is 15.3. The predicted molar refractivity (Wildman–Crippen MR) is 102 cm³/mol. The topological polar surface area (TPSA) is 55.8 Å². The molecule has 0 aromatic heterocycles. The second-order valence-electron chi connectivity index (χ2n) is 5.79. The van der Waals surface area contributed by atoms with Crippen molar-refractivity contribution in [3.63, 3.8) is 0 Å². The molecule has 0 saturated heterocycles. The highest BCUT2D eigenvalue weighted by atomic mass is 16.5. The summed E-state index contributed by atoms with van der Waals surface area (Å²) in [6.07, 6.45) is 6.36. The summed E-state index contributed by atoms with van der Waals surface area (Å²) in [5.41, 5.74) is 0.998. The lowest BCUT2D eigenvalue weighted by Crippen LogP contribution is -2.30. The number of allylic oxidation sites excluding steroid dienone is 3. The summed E-state index contributed by atoms with van der Waals surface area (Å²) < 4.78 is 10.2. The van der Waals surface area contributed by atoms with E-state index < -0.39 is 5.97 Å². The van der Waals surface area contributed by atoms with Gasteiger partial charge in [0.1, 0.15) is 5.75 Å². The number of esters is 1.